The van der Waals surface area contributed by atoms with Crippen molar-refractivity contribution in [3.63, 3.8) is 0 Å². The molecule has 2 rings (SSSR count). The van der Waals surface area contributed by atoms with Gasteiger partial charge < -0.3 is 5.32 Å². The number of hydrogen-bond donors (Lipinski definition) is 1. The van der Waals surface area contributed by atoms with Crippen molar-refractivity contribution in [2.75, 3.05) is 5.32 Å². The van der Waals surface area contributed by atoms with Crippen molar-refractivity contribution in [2.45, 2.75) is 58.5 Å². The van der Waals surface area contributed by atoms with Crippen molar-refractivity contribution in [3.05, 3.63) is 21.6 Å². The second-order valence-corrected chi connectivity index (χ2v) is 5.67. The average molecular weight is 284 g/mol. The van der Waals surface area contributed by atoms with Crippen molar-refractivity contribution >= 4 is 17.3 Å². The molecule has 1 aliphatic rings. The van der Waals surface area contributed by atoms with Crippen molar-refractivity contribution in [2.24, 2.45) is 5.92 Å². The summed E-state index contributed by atoms with van der Waals surface area (Å²) < 4.78 is 1.45. The van der Waals surface area contributed by atoms with Gasteiger partial charge in [0.15, 0.2) is 0 Å². The van der Waals surface area contributed by atoms with E-state index in [0.29, 0.717) is 18.3 Å². The molecule has 0 radical (unpaired) electrons. The lowest BCUT2D eigenvalue weighted by Crippen LogP contribution is -2.24. The van der Waals surface area contributed by atoms with Crippen LogP contribution in [0.2, 0.25) is 5.02 Å². The summed E-state index contributed by atoms with van der Waals surface area (Å²) in [6.07, 6.45) is 7.26. The SMILES string of the molecule is CCCCn1ncc(NC2CC2CCC)c(Cl)c1=O. The Morgan fingerprint density at radius 2 is 2.26 bits per heavy atom. The van der Waals surface area contributed by atoms with Crippen LogP contribution in [0.4, 0.5) is 5.69 Å². The molecule has 4 nitrogen and oxygen atoms in total. The third kappa shape index (κ3) is 3.50. The van der Waals surface area contributed by atoms with Gasteiger partial charge in [-0.1, -0.05) is 38.3 Å². The highest BCUT2D eigenvalue weighted by Crippen LogP contribution is 2.37. The highest BCUT2D eigenvalue weighted by Gasteiger charge is 2.36. The molecule has 1 aromatic heterocycles. The van der Waals surface area contributed by atoms with Crippen molar-refractivity contribution in [3.8, 4) is 0 Å². The van der Waals surface area contributed by atoms with E-state index >= 15 is 0 Å². The minimum absolute atomic E-state index is 0.187. The Morgan fingerprint density at radius 3 is 2.95 bits per heavy atom. The molecule has 0 amide bonds. The first-order valence-corrected chi connectivity index (χ1v) is 7.57. The first-order chi connectivity index (χ1) is 9.17. The standard InChI is InChI=1S/C14H22ClN3O/c1-3-5-7-18-14(19)13(15)12(9-16-18)17-11-8-10(11)6-4-2/h9-11,17H,3-8H2,1-2H3. The number of nitrogens with one attached hydrogen (secondary N) is 1. The van der Waals surface area contributed by atoms with Gasteiger partial charge in [0.1, 0.15) is 5.02 Å². The lowest BCUT2D eigenvalue weighted by Gasteiger charge is -2.09. The molecule has 0 bridgehead atoms. The summed E-state index contributed by atoms with van der Waals surface area (Å²) in [5.41, 5.74) is 0.496. The van der Waals surface area contributed by atoms with Crippen LogP contribution in [0.5, 0.6) is 0 Å². The third-order valence-corrected chi connectivity index (χ3v) is 4.00. The van der Waals surface area contributed by atoms with Crippen LogP contribution in [-0.2, 0) is 6.54 Å². The van der Waals surface area contributed by atoms with Crippen LogP contribution >= 0.6 is 11.6 Å². The molecular weight excluding hydrogens is 262 g/mol. The van der Waals surface area contributed by atoms with Crippen LogP contribution in [0.3, 0.4) is 0 Å². The summed E-state index contributed by atoms with van der Waals surface area (Å²) in [7, 11) is 0. The Morgan fingerprint density at radius 1 is 1.47 bits per heavy atom. The number of anilines is 1. The predicted molar refractivity (Wildman–Crippen MR) is 78.8 cm³/mol. The molecule has 0 spiro atoms. The second kappa shape index (κ2) is 6.42. The van der Waals surface area contributed by atoms with Gasteiger partial charge in [0.05, 0.1) is 11.9 Å². The van der Waals surface area contributed by atoms with E-state index in [1.54, 1.807) is 6.20 Å². The summed E-state index contributed by atoms with van der Waals surface area (Å²) in [4.78, 5) is 12.0. The number of rotatable bonds is 7. The normalized spacial score (nSPS) is 21.4. The van der Waals surface area contributed by atoms with Crippen LogP contribution in [0, 0.1) is 5.92 Å². The van der Waals surface area contributed by atoms with Crippen LogP contribution < -0.4 is 10.9 Å². The van der Waals surface area contributed by atoms with Crippen LogP contribution in [0.25, 0.3) is 0 Å². The summed E-state index contributed by atoms with van der Waals surface area (Å²) in [5, 5.41) is 7.79. The van der Waals surface area contributed by atoms with E-state index in [-0.39, 0.29) is 10.6 Å². The monoisotopic (exact) mass is 283 g/mol. The first kappa shape index (κ1) is 14.4. The van der Waals surface area contributed by atoms with E-state index in [9.17, 15) is 4.79 Å². The smallest absolute Gasteiger partial charge is 0.287 e. The molecule has 1 saturated carbocycles. The Bertz CT molecular complexity index is 486. The van der Waals surface area contributed by atoms with E-state index in [1.165, 1.54) is 23.9 Å². The lowest BCUT2D eigenvalue weighted by atomic mass is 10.2. The molecule has 1 aromatic rings. The molecule has 106 valence electrons. The molecule has 1 N–H and O–H groups in total. The maximum absolute atomic E-state index is 12.0. The van der Waals surface area contributed by atoms with Gasteiger partial charge in [0, 0.05) is 12.6 Å². The lowest BCUT2D eigenvalue weighted by molar-refractivity contribution is 0.543. The highest BCUT2D eigenvalue weighted by atomic mass is 35.5. The van der Waals surface area contributed by atoms with Crippen molar-refractivity contribution in [1.29, 1.82) is 0 Å². The zero-order chi connectivity index (χ0) is 13.8. The van der Waals surface area contributed by atoms with Crippen molar-refractivity contribution < 1.29 is 0 Å². The minimum Gasteiger partial charge on any atom is -0.379 e. The van der Waals surface area contributed by atoms with Gasteiger partial charge in [-0.25, -0.2) is 4.68 Å². The summed E-state index contributed by atoms with van der Waals surface area (Å²) in [5.74, 6) is 0.726. The summed E-state index contributed by atoms with van der Waals surface area (Å²) in [6, 6.07) is 0.463. The van der Waals surface area contributed by atoms with Gasteiger partial charge in [-0.3, -0.25) is 4.79 Å². The molecular formula is C14H22ClN3O. The molecule has 0 aliphatic heterocycles. The van der Waals surface area contributed by atoms with E-state index in [0.717, 1.165) is 18.8 Å². The third-order valence-electron chi connectivity index (χ3n) is 3.63. The molecule has 1 heterocycles. The van der Waals surface area contributed by atoms with Crippen LogP contribution in [-0.4, -0.2) is 15.8 Å². The number of nitrogens with zero attached hydrogens (tertiary/aromatic N) is 2. The van der Waals surface area contributed by atoms with Gasteiger partial charge >= 0.3 is 0 Å². The van der Waals surface area contributed by atoms with E-state index < -0.39 is 0 Å². The fourth-order valence-electron chi connectivity index (χ4n) is 2.35. The molecule has 19 heavy (non-hydrogen) atoms. The second-order valence-electron chi connectivity index (χ2n) is 5.29. The largest absolute Gasteiger partial charge is 0.379 e. The topological polar surface area (TPSA) is 46.9 Å². The van der Waals surface area contributed by atoms with E-state index in [2.05, 4.69) is 24.3 Å². The first-order valence-electron chi connectivity index (χ1n) is 7.19. The van der Waals surface area contributed by atoms with E-state index in [4.69, 9.17) is 11.6 Å². The molecule has 0 aromatic carbocycles. The zero-order valence-corrected chi connectivity index (χ0v) is 12.4. The number of unbranched alkanes of at least 4 members (excludes halogenated alkanes) is 1. The van der Waals surface area contributed by atoms with Gasteiger partial charge in [-0.2, -0.15) is 5.10 Å². The predicted octanol–water partition coefficient (Wildman–Crippen LogP) is 3.30. The maximum Gasteiger partial charge on any atom is 0.287 e. The molecule has 2 unspecified atom stereocenters. The minimum atomic E-state index is -0.187. The maximum atomic E-state index is 12.0. The van der Waals surface area contributed by atoms with Crippen LogP contribution in [0.15, 0.2) is 11.0 Å². The fraction of sp³-hybridized carbons (Fsp3) is 0.714. The number of halogens is 1. The summed E-state index contributed by atoms with van der Waals surface area (Å²) >= 11 is 6.14. The molecule has 1 aliphatic carbocycles. The Labute approximate surface area is 119 Å². The Balaban J connectivity index is 2.03. The number of aromatic nitrogens is 2. The van der Waals surface area contributed by atoms with Crippen LogP contribution in [0.1, 0.15) is 46.0 Å². The van der Waals surface area contributed by atoms with E-state index in [1.807, 2.05) is 0 Å². The van der Waals surface area contributed by atoms with Gasteiger partial charge in [-0.15, -0.1) is 0 Å². The molecule has 2 atom stereocenters. The van der Waals surface area contributed by atoms with Crippen molar-refractivity contribution in [1.82, 2.24) is 9.78 Å². The molecule has 0 saturated heterocycles. The molecule has 1 fully saturated rings. The van der Waals surface area contributed by atoms with Gasteiger partial charge in [-0.05, 0) is 25.2 Å². The number of hydrogen-bond acceptors (Lipinski definition) is 3. The highest BCUT2D eigenvalue weighted by molar-refractivity contribution is 6.32. The molecule has 5 heteroatoms. The Kier molecular flexibility index (Phi) is 4.86. The van der Waals surface area contributed by atoms with Gasteiger partial charge in [0.25, 0.3) is 5.56 Å². The Hall–Kier alpha value is -1.03. The summed E-state index contributed by atoms with van der Waals surface area (Å²) in [6.45, 7) is 4.92. The van der Waals surface area contributed by atoms with Gasteiger partial charge in [0.2, 0.25) is 0 Å². The average Bonchev–Trinajstić information content (AvgIpc) is 3.13. The number of aryl methyl sites for hydroxylation is 1. The quantitative estimate of drug-likeness (QED) is 0.835. The fourth-order valence-corrected chi connectivity index (χ4v) is 2.55. The zero-order valence-electron chi connectivity index (χ0n) is 11.7.